The summed E-state index contributed by atoms with van der Waals surface area (Å²) >= 11 is 9.97. The van der Waals surface area contributed by atoms with E-state index in [1.54, 1.807) is 7.11 Å². The van der Waals surface area contributed by atoms with Gasteiger partial charge in [-0.1, -0.05) is 33.1 Å². The number of nitrogens with zero attached hydrogens (tertiary/aromatic N) is 2. The number of unbranched alkanes of at least 4 members (excludes halogenated alkanes) is 1. The molecule has 1 unspecified atom stereocenters. The van der Waals surface area contributed by atoms with E-state index in [2.05, 4.69) is 57.8 Å². The van der Waals surface area contributed by atoms with E-state index in [9.17, 15) is 10.5 Å². The van der Waals surface area contributed by atoms with Gasteiger partial charge in [0.15, 0.2) is 0 Å². The second-order valence-electron chi connectivity index (χ2n) is 8.41. The van der Waals surface area contributed by atoms with Crippen molar-refractivity contribution in [2.45, 2.75) is 39.5 Å². The molecule has 0 saturated carbocycles. The summed E-state index contributed by atoms with van der Waals surface area (Å²) in [7, 11) is 1.61. The molecule has 2 aromatic heterocycles. The van der Waals surface area contributed by atoms with Crippen LogP contribution in [0.25, 0.3) is 23.3 Å². The predicted octanol–water partition coefficient (Wildman–Crippen LogP) is 10.1. The molecule has 2 heterocycles. The number of methoxy groups -OCH3 is 1. The molecule has 0 N–H and O–H groups in total. The largest absolute Gasteiger partial charge is 0.496 e. The Bertz CT molecular complexity index is 1360. The van der Waals surface area contributed by atoms with Crippen LogP contribution in [0.1, 0.15) is 60.4 Å². The molecule has 3 aromatic rings. The molecule has 0 spiro atoms. The second-order valence-corrected chi connectivity index (χ2v) is 13.3. The quantitative estimate of drug-likeness (QED) is 0.182. The average Bonchev–Trinajstić information content (AvgIpc) is 3.54. The van der Waals surface area contributed by atoms with Crippen molar-refractivity contribution in [1.29, 1.82) is 10.5 Å². The molecule has 0 aliphatic carbocycles. The van der Waals surface area contributed by atoms with Crippen molar-refractivity contribution >= 4 is 77.8 Å². The number of ether oxygens (including phenoxy) is 2. The third kappa shape index (κ3) is 8.06. The molecular weight excluding hydrogens is 632 g/mol. The molecule has 3 rings (SSSR count). The van der Waals surface area contributed by atoms with Crippen molar-refractivity contribution in [3.05, 3.63) is 64.9 Å². The number of halogens is 2. The van der Waals surface area contributed by atoms with E-state index in [1.165, 1.54) is 29.1 Å². The minimum Gasteiger partial charge on any atom is -0.496 e. The minimum atomic E-state index is 0.444. The van der Waals surface area contributed by atoms with Gasteiger partial charge >= 0.3 is 0 Å². The molecule has 4 nitrogen and oxygen atoms in total. The number of allylic oxidation sites excluding steroid dienone is 2. The summed E-state index contributed by atoms with van der Waals surface area (Å²) in [5.74, 6) is 1.71. The van der Waals surface area contributed by atoms with Crippen LogP contribution in [0.4, 0.5) is 0 Å². The fraction of sp³-hybridized carbons (Fsp3) is 0.310. The summed E-state index contributed by atoms with van der Waals surface area (Å²) in [6.45, 7) is 4.97. The Hall–Kier alpha value is -2.36. The number of hydrogen-bond donors (Lipinski definition) is 0. The molecule has 1 aromatic carbocycles. The smallest absolute Gasteiger partial charge is 0.127 e. The summed E-state index contributed by atoms with van der Waals surface area (Å²) in [4.78, 5) is 1.73. The van der Waals surface area contributed by atoms with Crippen molar-refractivity contribution in [1.82, 2.24) is 0 Å². The van der Waals surface area contributed by atoms with Crippen LogP contribution < -0.4 is 9.47 Å². The van der Waals surface area contributed by atoms with Crippen LogP contribution in [-0.2, 0) is 0 Å². The van der Waals surface area contributed by atoms with Crippen LogP contribution >= 0.6 is 54.5 Å². The summed E-state index contributed by atoms with van der Waals surface area (Å²) in [6.07, 6.45) is 8.14. The monoisotopic (exact) mass is 658 g/mol. The first kappa shape index (κ1) is 29.2. The highest BCUT2D eigenvalue weighted by Gasteiger charge is 2.16. The van der Waals surface area contributed by atoms with Gasteiger partial charge in [0.1, 0.15) is 23.6 Å². The van der Waals surface area contributed by atoms with Crippen molar-refractivity contribution < 1.29 is 9.47 Å². The molecule has 0 aliphatic heterocycles. The Morgan fingerprint density at radius 2 is 1.46 bits per heavy atom. The lowest BCUT2D eigenvalue weighted by Gasteiger charge is -2.18. The molecule has 1 atom stereocenters. The van der Waals surface area contributed by atoms with Gasteiger partial charge in [0.25, 0.3) is 0 Å². The van der Waals surface area contributed by atoms with Gasteiger partial charge in [0.2, 0.25) is 0 Å². The van der Waals surface area contributed by atoms with E-state index < -0.39 is 0 Å². The van der Waals surface area contributed by atoms with Crippen molar-refractivity contribution in [2.75, 3.05) is 13.7 Å². The molecule has 192 valence electrons. The van der Waals surface area contributed by atoms with E-state index in [0.717, 1.165) is 47.7 Å². The number of hydrogen-bond acceptors (Lipinski definition) is 6. The van der Waals surface area contributed by atoms with E-state index in [1.807, 2.05) is 48.6 Å². The lowest BCUT2D eigenvalue weighted by Crippen LogP contribution is -2.12. The first-order valence-corrected chi connectivity index (χ1v) is 15.2. The second kappa shape index (κ2) is 14.5. The standard InChI is InChI=1S/C29H28Br2N2O2S2/c1-4-6-7-19(5-2)18-35-25-15-20(12-22(16-32)26-8-10-28(30)36-26)24(34-3)14-21(25)13-23(17-33)27-9-11-29(31)37-27/h8-15,19H,4-7,18H2,1-3H3/b22-12+,23-13+. The third-order valence-electron chi connectivity index (χ3n) is 5.90. The van der Waals surface area contributed by atoms with Crippen LogP contribution in [-0.4, -0.2) is 13.7 Å². The van der Waals surface area contributed by atoms with E-state index in [-0.39, 0.29) is 0 Å². The molecule has 37 heavy (non-hydrogen) atoms. The maximum absolute atomic E-state index is 9.91. The van der Waals surface area contributed by atoms with Gasteiger partial charge in [-0.2, -0.15) is 10.5 Å². The fourth-order valence-electron chi connectivity index (χ4n) is 3.77. The lowest BCUT2D eigenvalue weighted by molar-refractivity contribution is 0.232. The minimum absolute atomic E-state index is 0.444. The van der Waals surface area contributed by atoms with Crippen LogP contribution in [0.15, 0.2) is 44.0 Å². The highest BCUT2D eigenvalue weighted by molar-refractivity contribution is 9.11. The third-order valence-corrected chi connectivity index (χ3v) is 9.21. The first-order valence-electron chi connectivity index (χ1n) is 12.0. The summed E-state index contributed by atoms with van der Waals surface area (Å²) in [5.41, 5.74) is 2.59. The highest BCUT2D eigenvalue weighted by Crippen LogP contribution is 2.37. The molecule has 0 bridgehead atoms. The zero-order valence-electron chi connectivity index (χ0n) is 21.0. The van der Waals surface area contributed by atoms with Gasteiger partial charge < -0.3 is 9.47 Å². The van der Waals surface area contributed by atoms with E-state index >= 15 is 0 Å². The van der Waals surface area contributed by atoms with Crippen LogP contribution in [0.3, 0.4) is 0 Å². The van der Waals surface area contributed by atoms with Gasteiger partial charge in [0, 0.05) is 20.9 Å². The van der Waals surface area contributed by atoms with E-state index in [4.69, 9.17) is 9.47 Å². The van der Waals surface area contributed by atoms with Crippen LogP contribution in [0.5, 0.6) is 11.5 Å². The zero-order valence-corrected chi connectivity index (χ0v) is 25.8. The number of thiophene rings is 2. The first-order chi connectivity index (χ1) is 17.9. The maximum atomic E-state index is 9.91. The highest BCUT2D eigenvalue weighted by atomic mass is 79.9. The summed E-state index contributed by atoms with van der Waals surface area (Å²) in [5, 5.41) is 19.8. The van der Waals surface area contributed by atoms with Gasteiger partial charge in [0.05, 0.1) is 32.4 Å². The summed E-state index contributed by atoms with van der Waals surface area (Å²) in [6, 6.07) is 16.1. The lowest BCUT2D eigenvalue weighted by atomic mass is 10.00. The Morgan fingerprint density at radius 3 is 1.89 bits per heavy atom. The fourth-order valence-corrected chi connectivity index (χ4v) is 6.47. The number of benzene rings is 1. The molecule has 0 fully saturated rings. The molecule has 0 saturated heterocycles. The van der Waals surface area contributed by atoms with Crippen molar-refractivity contribution in [3.63, 3.8) is 0 Å². The normalized spacial score (nSPS) is 12.6. The van der Waals surface area contributed by atoms with Crippen molar-refractivity contribution in [3.8, 4) is 23.6 Å². The van der Waals surface area contributed by atoms with Gasteiger partial charge in [-0.15, -0.1) is 22.7 Å². The molecule has 0 radical (unpaired) electrons. The Balaban J connectivity index is 2.10. The number of nitriles is 2. The average molecular weight is 660 g/mol. The maximum Gasteiger partial charge on any atom is 0.127 e. The summed E-state index contributed by atoms with van der Waals surface area (Å²) < 4.78 is 14.0. The van der Waals surface area contributed by atoms with E-state index in [0.29, 0.717) is 35.2 Å². The Labute approximate surface area is 244 Å². The number of rotatable bonds is 12. The molecule has 0 amide bonds. The SMILES string of the molecule is CCCCC(CC)COc1cc(/C=C(\C#N)c2ccc(Br)s2)c(OC)cc1/C=C(\C#N)c1ccc(Br)s1. The molecule has 8 heteroatoms. The molecular formula is C29H28Br2N2O2S2. The predicted molar refractivity (Wildman–Crippen MR) is 163 cm³/mol. The van der Waals surface area contributed by atoms with Gasteiger partial charge in [-0.25, -0.2) is 0 Å². The van der Waals surface area contributed by atoms with Gasteiger partial charge in [-0.05, 0) is 92.7 Å². The molecule has 0 aliphatic rings. The Kier molecular flexibility index (Phi) is 11.5. The topological polar surface area (TPSA) is 66.0 Å². The Morgan fingerprint density at radius 1 is 0.919 bits per heavy atom. The zero-order chi connectivity index (χ0) is 26.8. The van der Waals surface area contributed by atoms with Crippen LogP contribution in [0.2, 0.25) is 0 Å². The van der Waals surface area contributed by atoms with Crippen molar-refractivity contribution in [2.24, 2.45) is 5.92 Å². The van der Waals surface area contributed by atoms with Gasteiger partial charge in [-0.3, -0.25) is 0 Å². The van der Waals surface area contributed by atoms with Crippen LogP contribution in [0, 0.1) is 28.6 Å².